The van der Waals surface area contributed by atoms with Crippen molar-refractivity contribution in [3.05, 3.63) is 12.2 Å². The summed E-state index contributed by atoms with van der Waals surface area (Å²) in [4.78, 5) is 9.29. The molecule has 0 fully saturated rings. The molecule has 0 N–H and O–H groups in total. The molecule has 0 bridgehead atoms. The van der Waals surface area contributed by atoms with E-state index in [-0.39, 0.29) is 29.6 Å². The Labute approximate surface area is 63.9 Å². The Kier molecular flexibility index (Phi) is 9.37. The van der Waals surface area contributed by atoms with Crippen molar-refractivity contribution in [3.63, 3.8) is 0 Å². The maximum atomic E-state index is 11.0. The molecule has 0 aliphatic carbocycles. The number of rotatable bonds is 1. The number of carbonyl (C=O) groups excluding carboxylic acids is 1. The van der Waals surface area contributed by atoms with Gasteiger partial charge in [0.2, 0.25) is 0 Å². The molecule has 0 saturated carbocycles. The molecule has 0 aromatic heterocycles. The van der Waals surface area contributed by atoms with Gasteiger partial charge in [0, 0.05) is 6.08 Å². The van der Waals surface area contributed by atoms with E-state index in [0.29, 0.717) is 0 Å². The van der Waals surface area contributed by atoms with E-state index in [0.717, 1.165) is 6.08 Å². The summed E-state index contributed by atoms with van der Waals surface area (Å²) < 4.78 is 11.0. The van der Waals surface area contributed by atoms with Gasteiger partial charge in [-0.25, -0.2) is 0 Å². The molecule has 0 heterocycles. The Morgan fingerprint density at radius 1 is 1.71 bits per heavy atom. The topological polar surface area (TPSA) is 17.1 Å². The Morgan fingerprint density at radius 2 is 2.14 bits per heavy atom. The number of halogens is 1. The van der Waals surface area contributed by atoms with Crippen LogP contribution in [0.5, 0.6) is 0 Å². The molecule has 0 amide bonds. The predicted octanol–water partition coefficient (Wildman–Crippen LogP) is 0.410. The maximum absolute atomic E-state index is 11.0. The molecule has 0 saturated heterocycles. The van der Waals surface area contributed by atoms with E-state index in [1.807, 2.05) is 0 Å². The zero-order valence-corrected chi connectivity index (χ0v) is 3.44. The Bertz CT molecular complexity index is 79.8. The Morgan fingerprint density at radius 3 is 2.14 bits per heavy atom. The van der Waals surface area contributed by atoms with E-state index in [9.17, 15) is 9.18 Å². The monoisotopic (exact) mass is 112 g/mol. The molecular formula is C4H6FNaO. The van der Waals surface area contributed by atoms with Gasteiger partial charge in [-0.05, 0) is 6.92 Å². The van der Waals surface area contributed by atoms with Crippen LogP contribution in [0.1, 0.15) is 6.92 Å². The number of hydrogen-bond acceptors (Lipinski definition) is 1. The molecule has 7 heavy (non-hydrogen) atoms. The van der Waals surface area contributed by atoms with Gasteiger partial charge in [0.15, 0.2) is 0 Å². The molecule has 36 valence electrons. The molecule has 0 aromatic rings. The van der Waals surface area contributed by atoms with Gasteiger partial charge in [-0.1, -0.05) is 6.08 Å². The van der Waals surface area contributed by atoms with Crippen LogP contribution in [0.4, 0.5) is 4.39 Å². The van der Waals surface area contributed by atoms with E-state index in [1.54, 1.807) is 6.92 Å². The SMILES string of the molecule is CC=CC(=O)F.[NaH]. The summed E-state index contributed by atoms with van der Waals surface area (Å²) in [5.74, 6) is 0. The van der Waals surface area contributed by atoms with Crippen molar-refractivity contribution in [1.29, 1.82) is 0 Å². The van der Waals surface area contributed by atoms with Gasteiger partial charge >= 0.3 is 35.6 Å². The molecular weight excluding hydrogens is 106 g/mol. The third-order valence-corrected chi connectivity index (χ3v) is 0.298. The van der Waals surface area contributed by atoms with Crippen molar-refractivity contribution in [2.45, 2.75) is 6.92 Å². The average Bonchev–Trinajstić information content (AvgIpc) is 1.35. The number of carbonyl (C=O) groups is 1. The van der Waals surface area contributed by atoms with Gasteiger partial charge in [-0.15, -0.1) is 0 Å². The van der Waals surface area contributed by atoms with E-state index < -0.39 is 6.04 Å². The van der Waals surface area contributed by atoms with E-state index in [1.165, 1.54) is 6.08 Å². The molecule has 0 radical (unpaired) electrons. The van der Waals surface area contributed by atoms with Gasteiger partial charge in [0.25, 0.3) is 0 Å². The minimum atomic E-state index is -1.39. The van der Waals surface area contributed by atoms with Gasteiger partial charge in [0.1, 0.15) is 0 Å². The first-order valence-corrected chi connectivity index (χ1v) is 1.59. The quantitative estimate of drug-likeness (QED) is 0.273. The zero-order chi connectivity index (χ0) is 4.99. The first kappa shape index (κ1) is 10.3. The normalized spacial score (nSPS) is 8.29. The molecule has 0 aliphatic heterocycles. The number of allylic oxidation sites excluding steroid dienone is 2. The Balaban J connectivity index is 0. The fourth-order valence-electron chi connectivity index (χ4n) is 0.131. The van der Waals surface area contributed by atoms with E-state index in [2.05, 4.69) is 0 Å². The van der Waals surface area contributed by atoms with Crippen LogP contribution in [0.25, 0.3) is 0 Å². The Hall–Kier alpha value is 0.340. The second-order valence-electron chi connectivity index (χ2n) is 0.804. The van der Waals surface area contributed by atoms with Gasteiger partial charge in [0.05, 0.1) is 0 Å². The standard InChI is InChI=1S/C4H5FO.Na.H/c1-2-3-4(5)6;;/h2-3H,1H3;;. The fourth-order valence-corrected chi connectivity index (χ4v) is 0.131. The van der Waals surface area contributed by atoms with Crippen molar-refractivity contribution < 1.29 is 9.18 Å². The molecule has 0 rings (SSSR count). The van der Waals surface area contributed by atoms with Crippen molar-refractivity contribution in [3.8, 4) is 0 Å². The molecule has 0 atom stereocenters. The van der Waals surface area contributed by atoms with Gasteiger partial charge in [-0.2, -0.15) is 4.39 Å². The predicted molar refractivity (Wildman–Crippen MR) is 28.1 cm³/mol. The summed E-state index contributed by atoms with van der Waals surface area (Å²) in [6.45, 7) is 1.58. The third kappa shape index (κ3) is 10.7. The van der Waals surface area contributed by atoms with Crippen molar-refractivity contribution in [2.24, 2.45) is 0 Å². The van der Waals surface area contributed by atoms with Crippen LogP contribution in [-0.4, -0.2) is 35.6 Å². The van der Waals surface area contributed by atoms with Crippen LogP contribution in [0.15, 0.2) is 12.2 Å². The van der Waals surface area contributed by atoms with Crippen LogP contribution >= 0.6 is 0 Å². The summed E-state index contributed by atoms with van der Waals surface area (Å²) in [7, 11) is 0. The molecule has 0 aromatic carbocycles. The van der Waals surface area contributed by atoms with Crippen LogP contribution in [0.3, 0.4) is 0 Å². The van der Waals surface area contributed by atoms with Crippen LogP contribution in [-0.2, 0) is 4.79 Å². The van der Waals surface area contributed by atoms with Crippen molar-refractivity contribution >= 4 is 35.6 Å². The van der Waals surface area contributed by atoms with Crippen molar-refractivity contribution in [2.75, 3.05) is 0 Å². The van der Waals surface area contributed by atoms with Crippen LogP contribution in [0.2, 0.25) is 0 Å². The van der Waals surface area contributed by atoms with Crippen molar-refractivity contribution in [1.82, 2.24) is 0 Å². The first-order chi connectivity index (χ1) is 2.77. The van der Waals surface area contributed by atoms with E-state index in [4.69, 9.17) is 0 Å². The number of hydrogen-bond donors (Lipinski definition) is 0. The molecule has 0 aliphatic rings. The zero-order valence-electron chi connectivity index (χ0n) is 3.44. The fraction of sp³-hybridized carbons (Fsp3) is 0.250. The summed E-state index contributed by atoms with van der Waals surface area (Å²) in [5, 5.41) is 0. The first-order valence-electron chi connectivity index (χ1n) is 1.59. The summed E-state index contributed by atoms with van der Waals surface area (Å²) >= 11 is 0. The summed E-state index contributed by atoms with van der Waals surface area (Å²) in [6, 6.07) is -1.39. The van der Waals surface area contributed by atoms with Gasteiger partial charge < -0.3 is 0 Å². The van der Waals surface area contributed by atoms with E-state index >= 15 is 0 Å². The second kappa shape index (κ2) is 6.34. The average molecular weight is 112 g/mol. The third-order valence-electron chi connectivity index (χ3n) is 0.298. The van der Waals surface area contributed by atoms with Crippen LogP contribution in [0, 0.1) is 0 Å². The molecule has 1 nitrogen and oxygen atoms in total. The minimum absolute atomic E-state index is 0. The molecule has 0 unspecified atom stereocenters. The van der Waals surface area contributed by atoms with Gasteiger partial charge in [-0.3, -0.25) is 4.79 Å². The molecule has 0 spiro atoms. The van der Waals surface area contributed by atoms with Crippen LogP contribution < -0.4 is 0 Å². The molecule has 3 heteroatoms. The second-order valence-corrected chi connectivity index (χ2v) is 0.804. The summed E-state index contributed by atoms with van der Waals surface area (Å²) in [5.41, 5.74) is 0. The summed E-state index contributed by atoms with van der Waals surface area (Å²) in [6.07, 6.45) is 2.21.